The number of benzene rings is 5. The van der Waals surface area contributed by atoms with Gasteiger partial charge in [-0.2, -0.15) is 5.23 Å². The van der Waals surface area contributed by atoms with E-state index in [-0.39, 0.29) is 22.9 Å². The molecule has 6 aromatic rings. The van der Waals surface area contributed by atoms with Gasteiger partial charge in [0.15, 0.2) is 5.69 Å². The summed E-state index contributed by atoms with van der Waals surface area (Å²) < 4.78 is 1.65. The van der Waals surface area contributed by atoms with E-state index in [2.05, 4.69) is 0 Å². The summed E-state index contributed by atoms with van der Waals surface area (Å²) in [6.07, 6.45) is 0. The molecule has 0 bridgehead atoms. The lowest BCUT2D eigenvalue weighted by atomic mass is 10.0. The van der Waals surface area contributed by atoms with E-state index in [1.54, 1.807) is 39.8 Å². The van der Waals surface area contributed by atoms with Gasteiger partial charge in [0.2, 0.25) is 5.91 Å². The molecule has 1 amide bonds. The summed E-state index contributed by atoms with van der Waals surface area (Å²) in [6.45, 7) is 0. The fraction of sp³-hybridized carbons (Fsp3) is 0.0571. The molecule has 2 N–H and O–H groups in total. The molecule has 1 fully saturated rings. The number of fused-ring (bicyclic) bond motifs is 1. The second-order valence-electron chi connectivity index (χ2n) is 10.4. The van der Waals surface area contributed by atoms with E-state index in [1.165, 1.54) is 11.8 Å². The van der Waals surface area contributed by atoms with Crippen LogP contribution >= 0.6 is 11.8 Å². The van der Waals surface area contributed by atoms with Gasteiger partial charge >= 0.3 is 0 Å². The van der Waals surface area contributed by atoms with Crippen LogP contribution in [0.2, 0.25) is 0 Å². The minimum atomic E-state index is -1.02. The summed E-state index contributed by atoms with van der Waals surface area (Å²) in [4.78, 5) is 33.2. The summed E-state index contributed by atoms with van der Waals surface area (Å²) in [5.74, 6) is 0.773. The Balaban J connectivity index is 1.22. The molecule has 2 atom stereocenters. The number of carbonyl (C=O) groups excluding carboxylic acids is 1. The number of anilines is 1. The van der Waals surface area contributed by atoms with E-state index >= 15 is 0 Å². The maximum Gasteiger partial charge on any atom is 0.266 e. The highest BCUT2D eigenvalue weighted by atomic mass is 32.2. The average molecular weight is 599 g/mol. The molecule has 1 aliphatic heterocycles. The fourth-order valence-corrected chi connectivity index (χ4v) is 6.82. The zero-order valence-corrected chi connectivity index (χ0v) is 24.1. The molecule has 8 nitrogen and oxygen atoms in total. The standard InChI is InChI=1S/C35H26N4O4S/c40-32-22-44-35(29-11-5-7-13-31(29)39(42)43)37(32)26-18-14-23(15-19-26)24-16-20-27(21-17-24)38-33(25-8-2-1-3-9-25)36-30-12-6-4-10-28(30)34(38)41/h1-21,35,39,42H,22H2. The summed E-state index contributed by atoms with van der Waals surface area (Å²) in [7, 11) is 0. The van der Waals surface area contributed by atoms with Crippen molar-refractivity contribution in [3.8, 4) is 28.2 Å². The first kappa shape index (κ1) is 27.8. The average Bonchev–Trinajstić information content (AvgIpc) is 3.46. The molecule has 1 saturated heterocycles. The summed E-state index contributed by atoms with van der Waals surface area (Å²) in [5.41, 5.74) is 5.42. The summed E-state index contributed by atoms with van der Waals surface area (Å²) in [5, 5.41) is 20.7. The maximum absolute atomic E-state index is 13.7. The van der Waals surface area contributed by atoms with Crippen LogP contribution in [0.5, 0.6) is 0 Å². The van der Waals surface area contributed by atoms with E-state index in [4.69, 9.17) is 4.98 Å². The summed E-state index contributed by atoms with van der Waals surface area (Å²) >= 11 is 1.42. The lowest BCUT2D eigenvalue weighted by Gasteiger charge is -2.26. The first-order chi connectivity index (χ1) is 21.5. The van der Waals surface area contributed by atoms with Crippen LogP contribution in [0, 0.1) is 5.21 Å². The van der Waals surface area contributed by atoms with Crippen LogP contribution < -0.4 is 15.7 Å². The molecular formula is C35H26N4O4S. The highest BCUT2D eigenvalue weighted by molar-refractivity contribution is 8.00. The number of rotatable bonds is 6. The molecule has 1 aliphatic rings. The Morgan fingerprint density at radius 2 is 1.34 bits per heavy atom. The number of thioether (sulfide) groups is 1. The molecule has 2 unspecified atom stereocenters. The van der Waals surface area contributed by atoms with Crippen LogP contribution in [0.3, 0.4) is 0 Å². The van der Waals surface area contributed by atoms with Crippen molar-refractivity contribution in [2.24, 2.45) is 0 Å². The molecule has 0 radical (unpaired) electrons. The Morgan fingerprint density at radius 3 is 2.05 bits per heavy atom. The van der Waals surface area contributed by atoms with Crippen molar-refractivity contribution in [2.75, 3.05) is 10.7 Å². The molecule has 44 heavy (non-hydrogen) atoms. The Hall–Kier alpha value is -5.06. The SMILES string of the molecule is O=C1CSC(c2ccccc2[NH+]([O-])O)N1c1ccc(-c2ccc(-n3c(-c4ccccc4)nc4ccccc4c3=O)cc2)cc1. The quantitative estimate of drug-likeness (QED) is 0.232. The largest absolute Gasteiger partial charge is 0.595 e. The van der Waals surface area contributed by atoms with Crippen molar-refractivity contribution in [3.63, 3.8) is 0 Å². The van der Waals surface area contributed by atoms with Crippen molar-refractivity contribution in [2.45, 2.75) is 5.37 Å². The number of nitrogens with one attached hydrogen (secondary N) is 1. The topological polar surface area (TPSA) is 103 Å². The van der Waals surface area contributed by atoms with Gasteiger partial charge < -0.3 is 5.21 Å². The third kappa shape index (κ3) is 4.97. The maximum atomic E-state index is 13.7. The molecule has 0 spiro atoms. The predicted octanol–water partition coefficient (Wildman–Crippen LogP) is 5.90. The third-order valence-corrected chi connectivity index (χ3v) is 8.93. The van der Waals surface area contributed by atoms with Crippen LogP contribution in [0.1, 0.15) is 10.9 Å². The van der Waals surface area contributed by atoms with Crippen molar-refractivity contribution >= 4 is 39.9 Å². The highest BCUT2D eigenvalue weighted by Crippen LogP contribution is 2.43. The highest BCUT2D eigenvalue weighted by Gasteiger charge is 2.36. The molecule has 1 aromatic heterocycles. The van der Waals surface area contributed by atoms with Crippen LogP contribution in [-0.2, 0) is 4.79 Å². The van der Waals surface area contributed by atoms with E-state index in [9.17, 15) is 20.0 Å². The lowest BCUT2D eigenvalue weighted by Crippen LogP contribution is -2.99. The minimum absolute atomic E-state index is 0.0686. The molecule has 0 saturated carbocycles. The first-order valence-electron chi connectivity index (χ1n) is 14.0. The first-order valence-corrected chi connectivity index (χ1v) is 15.1. The van der Waals surface area contributed by atoms with Gasteiger partial charge in [0.25, 0.3) is 5.56 Å². The molecule has 2 heterocycles. The number of carbonyl (C=O) groups is 1. The van der Waals surface area contributed by atoms with Crippen molar-refractivity contribution < 1.29 is 15.2 Å². The van der Waals surface area contributed by atoms with E-state index in [0.29, 0.717) is 33.7 Å². The predicted molar refractivity (Wildman–Crippen MR) is 173 cm³/mol. The Kier molecular flexibility index (Phi) is 7.29. The van der Waals surface area contributed by atoms with Gasteiger partial charge in [-0.3, -0.25) is 19.1 Å². The normalized spacial score (nSPS) is 15.5. The van der Waals surface area contributed by atoms with Gasteiger partial charge in [-0.25, -0.2) is 10.2 Å². The summed E-state index contributed by atoms with van der Waals surface area (Å²) in [6, 6.07) is 39.2. The van der Waals surface area contributed by atoms with Crippen molar-refractivity contribution in [1.29, 1.82) is 0 Å². The Bertz CT molecular complexity index is 2050. The van der Waals surface area contributed by atoms with Crippen LogP contribution in [0.4, 0.5) is 11.4 Å². The monoisotopic (exact) mass is 598 g/mol. The molecule has 7 rings (SSSR count). The van der Waals surface area contributed by atoms with Crippen molar-refractivity contribution in [1.82, 2.24) is 9.55 Å². The fourth-order valence-electron chi connectivity index (χ4n) is 5.61. The number of nitrogens with zero attached hydrogens (tertiary/aromatic N) is 3. The smallest absolute Gasteiger partial charge is 0.266 e. The Morgan fingerprint density at radius 1 is 0.727 bits per heavy atom. The van der Waals surface area contributed by atoms with Gasteiger partial charge in [-0.1, -0.05) is 78.9 Å². The number of aromatic nitrogens is 2. The molecule has 0 aliphatic carbocycles. The van der Waals surface area contributed by atoms with Gasteiger partial charge in [0.05, 0.1) is 22.3 Å². The minimum Gasteiger partial charge on any atom is -0.595 e. The van der Waals surface area contributed by atoms with Gasteiger partial charge in [0.1, 0.15) is 11.2 Å². The van der Waals surface area contributed by atoms with Crippen molar-refractivity contribution in [3.05, 3.63) is 149 Å². The number of para-hydroxylation sites is 2. The molecule has 5 aromatic carbocycles. The zero-order chi connectivity index (χ0) is 30.2. The second-order valence-corrected chi connectivity index (χ2v) is 11.4. The van der Waals surface area contributed by atoms with E-state index < -0.39 is 10.6 Å². The van der Waals surface area contributed by atoms with E-state index in [1.807, 2.05) is 97.1 Å². The molecule has 9 heteroatoms. The number of hydrogen-bond donors (Lipinski definition) is 2. The lowest BCUT2D eigenvalue weighted by molar-refractivity contribution is -0.991. The van der Waals surface area contributed by atoms with Gasteiger partial charge in [-0.15, -0.1) is 11.8 Å². The van der Waals surface area contributed by atoms with E-state index in [0.717, 1.165) is 16.7 Å². The zero-order valence-electron chi connectivity index (χ0n) is 23.3. The van der Waals surface area contributed by atoms with Crippen LogP contribution in [0.15, 0.2) is 132 Å². The van der Waals surface area contributed by atoms with Crippen LogP contribution in [-0.4, -0.2) is 26.4 Å². The molecule has 216 valence electrons. The third-order valence-electron chi connectivity index (χ3n) is 7.74. The second kappa shape index (κ2) is 11.6. The van der Waals surface area contributed by atoms with Gasteiger partial charge in [-0.05, 0) is 53.6 Å². The Labute approximate surface area is 257 Å². The van der Waals surface area contributed by atoms with Gasteiger partial charge in [0, 0.05) is 22.9 Å². The number of hydrogen-bond acceptors (Lipinski definition) is 6. The number of amides is 1. The molecular weight excluding hydrogens is 572 g/mol. The van der Waals surface area contributed by atoms with Crippen LogP contribution in [0.25, 0.3) is 39.1 Å². The number of quaternary nitrogens is 1.